The summed E-state index contributed by atoms with van der Waals surface area (Å²) in [5.41, 5.74) is 0. The summed E-state index contributed by atoms with van der Waals surface area (Å²) in [7, 11) is 0. The fourth-order valence-corrected chi connectivity index (χ4v) is 2.10. The number of imidazole rings is 1. The summed E-state index contributed by atoms with van der Waals surface area (Å²) >= 11 is 0. The third-order valence-electron chi connectivity index (χ3n) is 3.09. The van der Waals surface area contributed by atoms with Crippen LogP contribution in [-0.2, 0) is 4.74 Å². The van der Waals surface area contributed by atoms with Crippen LogP contribution in [-0.4, -0.2) is 29.3 Å². The molecular weight excluding hydrogens is 190 g/mol. The van der Waals surface area contributed by atoms with Crippen LogP contribution in [0.3, 0.4) is 0 Å². The smallest absolute Gasteiger partial charge is 0.203 e. The van der Waals surface area contributed by atoms with Crippen molar-refractivity contribution in [2.45, 2.75) is 26.3 Å². The van der Waals surface area contributed by atoms with Gasteiger partial charge in [-0.1, -0.05) is 0 Å². The highest BCUT2D eigenvalue weighted by molar-refractivity contribution is 5.26. The normalized spacial score (nSPS) is 22.9. The van der Waals surface area contributed by atoms with Crippen LogP contribution in [0.15, 0.2) is 12.4 Å². The molecule has 4 nitrogen and oxygen atoms in total. The van der Waals surface area contributed by atoms with E-state index in [0.717, 1.165) is 32.1 Å². The first-order chi connectivity index (χ1) is 7.33. The summed E-state index contributed by atoms with van der Waals surface area (Å²) in [6.45, 7) is 7.01. The van der Waals surface area contributed by atoms with Crippen molar-refractivity contribution in [3.63, 3.8) is 0 Å². The van der Waals surface area contributed by atoms with E-state index in [1.807, 2.05) is 12.4 Å². The van der Waals surface area contributed by atoms with Crippen LogP contribution < -0.4 is 5.32 Å². The van der Waals surface area contributed by atoms with E-state index in [1.54, 1.807) is 0 Å². The Balaban J connectivity index is 2.09. The van der Waals surface area contributed by atoms with E-state index in [1.165, 1.54) is 0 Å². The van der Waals surface area contributed by atoms with E-state index in [9.17, 15) is 0 Å². The molecule has 84 valence electrons. The zero-order valence-corrected chi connectivity index (χ0v) is 9.44. The molecule has 0 amide bonds. The van der Waals surface area contributed by atoms with Gasteiger partial charge in [0.15, 0.2) is 0 Å². The van der Waals surface area contributed by atoms with Crippen LogP contribution in [0.4, 0.5) is 5.95 Å². The number of nitrogens with one attached hydrogen (secondary N) is 1. The highest BCUT2D eigenvalue weighted by atomic mass is 16.5. The minimum Gasteiger partial charge on any atom is -0.381 e. The summed E-state index contributed by atoms with van der Waals surface area (Å²) in [6.07, 6.45) is 5.05. The van der Waals surface area contributed by atoms with Crippen molar-refractivity contribution in [1.29, 1.82) is 0 Å². The molecule has 0 aliphatic carbocycles. The molecule has 2 rings (SSSR count). The number of hydrogen-bond acceptors (Lipinski definition) is 3. The third-order valence-corrected chi connectivity index (χ3v) is 3.09. The van der Waals surface area contributed by atoms with Gasteiger partial charge in [-0.05, 0) is 20.3 Å². The molecule has 2 atom stereocenters. The van der Waals surface area contributed by atoms with Crippen molar-refractivity contribution in [2.75, 3.05) is 25.1 Å². The molecule has 0 bridgehead atoms. The lowest BCUT2D eigenvalue weighted by Crippen LogP contribution is -2.18. The monoisotopic (exact) mass is 209 g/mol. The molecule has 1 aliphatic heterocycles. The van der Waals surface area contributed by atoms with Gasteiger partial charge in [0, 0.05) is 37.5 Å². The number of rotatable bonds is 4. The lowest BCUT2D eigenvalue weighted by atomic mass is 10.0. The molecule has 1 aromatic heterocycles. The number of nitrogens with zero attached hydrogens (tertiary/aromatic N) is 2. The minimum absolute atomic E-state index is 0.462. The van der Waals surface area contributed by atoms with Gasteiger partial charge in [0.05, 0.1) is 6.61 Å². The minimum atomic E-state index is 0.462. The molecule has 1 N–H and O–H groups in total. The molecule has 1 aromatic rings. The van der Waals surface area contributed by atoms with Gasteiger partial charge in [0.2, 0.25) is 5.95 Å². The molecule has 2 unspecified atom stereocenters. The number of hydrogen-bond donors (Lipinski definition) is 1. The summed E-state index contributed by atoms with van der Waals surface area (Å²) < 4.78 is 7.63. The first-order valence-electron chi connectivity index (χ1n) is 5.67. The predicted octanol–water partition coefficient (Wildman–Crippen LogP) is 1.91. The lowest BCUT2D eigenvalue weighted by molar-refractivity contribution is 0.175. The predicted molar refractivity (Wildman–Crippen MR) is 60.0 cm³/mol. The molecule has 1 saturated heterocycles. The molecule has 1 fully saturated rings. The topological polar surface area (TPSA) is 39.1 Å². The Hall–Kier alpha value is -1.03. The average molecular weight is 209 g/mol. The molecular formula is C11H19N3O. The van der Waals surface area contributed by atoms with Gasteiger partial charge in [-0.25, -0.2) is 4.98 Å². The van der Waals surface area contributed by atoms with Crippen molar-refractivity contribution in [3.8, 4) is 0 Å². The molecule has 4 heteroatoms. The zero-order chi connectivity index (χ0) is 10.7. The maximum absolute atomic E-state index is 5.42. The van der Waals surface area contributed by atoms with E-state index < -0.39 is 0 Å². The highest BCUT2D eigenvalue weighted by Crippen LogP contribution is 2.27. The van der Waals surface area contributed by atoms with Crippen molar-refractivity contribution in [1.82, 2.24) is 9.55 Å². The molecule has 15 heavy (non-hydrogen) atoms. The fourth-order valence-electron chi connectivity index (χ4n) is 2.10. The van der Waals surface area contributed by atoms with Gasteiger partial charge >= 0.3 is 0 Å². The summed E-state index contributed by atoms with van der Waals surface area (Å²) in [5, 5.41) is 3.27. The first-order valence-corrected chi connectivity index (χ1v) is 5.67. The SMILES string of the molecule is CCNc1nccn1C(C)C1CCOC1. The number of ether oxygens (including phenoxy) is 1. The Kier molecular flexibility index (Phi) is 3.26. The van der Waals surface area contributed by atoms with Gasteiger partial charge in [-0.2, -0.15) is 0 Å². The Morgan fingerprint density at radius 3 is 3.27 bits per heavy atom. The maximum atomic E-state index is 5.42. The van der Waals surface area contributed by atoms with E-state index in [-0.39, 0.29) is 0 Å². The summed E-state index contributed by atoms with van der Waals surface area (Å²) in [4.78, 5) is 4.31. The van der Waals surface area contributed by atoms with Crippen LogP contribution in [0.1, 0.15) is 26.3 Å². The quantitative estimate of drug-likeness (QED) is 0.823. The van der Waals surface area contributed by atoms with Gasteiger partial charge in [-0.15, -0.1) is 0 Å². The van der Waals surface area contributed by atoms with E-state index in [2.05, 4.69) is 28.7 Å². The third kappa shape index (κ3) is 2.15. The standard InChI is InChI=1S/C11H19N3O/c1-3-12-11-13-5-6-14(11)9(2)10-4-7-15-8-10/h5-6,9-10H,3-4,7-8H2,1-2H3,(H,12,13). The molecule has 0 spiro atoms. The van der Waals surface area contributed by atoms with Gasteiger partial charge < -0.3 is 14.6 Å². The highest BCUT2D eigenvalue weighted by Gasteiger charge is 2.24. The van der Waals surface area contributed by atoms with Gasteiger partial charge in [0.25, 0.3) is 0 Å². The number of aromatic nitrogens is 2. The van der Waals surface area contributed by atoms with Gasteiger partial charge in [0.1, 0.15) is 0 Å². The van der Waals surface area contributed by atoms with E-state index in [0.29, 0.717) is 12.0 Å². The Bertz CT molecular complexity index is 305. The molecule has 2 heterocycles. The zero-order valence-electron chi connectivity index (χ0n) is 9.44. The Morgan fingerprint density at radius 1 is 1.73 bits per heavy atom. The maximum Gasteiger partial charge on any atom is 0.203 e. The van der Waals surface area contributed by atoms with E-state index in [4.69, 9.17) is 4.74 Å². The molecule has 0 radical (unpaired) electrons. The van der Waals surface area contributed by atoms with E-state index >= 15 is 0 Å². The van der Waals surface area contributed by atoms with Crippen molar-refractivity contribution in [3.05, 3.63) is 12.4 Å². The summed E-state index contributed by atoms with van der Waals surface area (Å²) in [5.74, 6) is 1.59. The Labute approximate surface area is 90.6 Å². The van der Waals surface area contributed by atoms with Crippen LogP contribution in [0.25, 0.3) is 0 Å². The fraction of sp³-hybridized carbons (Fsp3) is 0.727. The molecule has 0 aromatic carbocycles. The Morgan fingerprint density at radius 2 is 2.60 bits per heavy atom. The second-order valence-electron chi connectivity index (χ2n) is 4.05. The van der Waals surface area contributed by atoms with Crippen molar-refractivity contribution >= 4 is 5.95 Å². The van der Waals surface area contributed by atoms with Crippen LogP contribution in [0.5, 0.6) is 0 Å². The van der Waals surface area contributed by atoms with Crippen LogP contribution in [0, 0.1) is 5.92 Å². The largest absolute Gasteiger partial charge is 0.381 e. The van der Waals surface area contributed by atoms with Crippen molar-refractivity contribution in [2.24, 2.45) is 5.92 Å². The summed E-state index contributed by atoms with van der Waals surface area (Å²) in [6, 6.07) is 0.462. The number of anilines is 1. The second kappa shape index (κ2) is 4.66. The van der Waals surface area contributed by atoms with Crippen molar-refractivity contribution < 1.29 is 4.74 Å². The van der Waals surface area contributed by atoms with Crippen LogP contribution >= 0.6 is 0 Å². The molecule has 1 aliphatic rings. The molecule has 0 saturated carbocycles. The first kappa shape index (κ1) is 10.5. The van der Waals surface area contributed by atoms with Crippen LogP contribution in [0.2, 0.25) is 0 Å². The second-order valence-corrected chi connectivity index (χ2v) is 4.05. The van der Waals surface area contributed by atoms with Gasteiger partial charge in [-0.3, -0.25) is 0 Å². The lowest BCUT2D eigenvalue weighted by Gasteiger charge is -2.21. The average Bonchev–Trinajstić information content (AvgIpc) is 2.87.